The van der Waals surface area contributed by atoms with Crippen LogP contribution in [0.25, 0.3) is 10.9 Å². The van der Waals surface area contributed by atoms with Crippen LogP contribution in [0.5, 0.6) is 0 Å². The molecular weight excluding hydrogens is 363 g/mol. The van der Waals surface area contributed by atoms with Gasteiger partial charge in [0.1, 0.15) is 12.6 Å². The second-order valence-electron chi connectivity index (χ2n) is 5.19. The molecule has 0 spiro atoms. The molecule has 1 N–H and O–H groups in total. The molecule has 1 aromatic heterocycles. The molecule has 1 amide bonds. The molecule has 0 saturated carbocycles. The van der Waals surface area contributed by atoms with Gasteiger partial charge in [-0.15, -0.1) is 0 Å². The molecule has 0 bridgehead atoms. The molecule has 3 rings (SSSR count). The van der Waals surface area contributed by atoms with Crippen LogP contribution < -0.4 is 10.9 Å². The van der Waals surface area contributed by atoms with E-state index < -0.39 is 5.91 Å². The fourth-order valence-corrected chi connectivity index (χ4v) is 2.65. The third kappa shape index (κ3) is 3.63. The zero-order valence-electron chi connectivity index (χ0n) is 12.7. The van der Waals surface area contributed by atoms with Gasteiger partial charge in [-0.3, -0.25) is 14.2 Å². The van der Waals surface area contributed by atoms with Crippen molar-refractivity contribution >= 4 is 45.7 Å². The Kier molecular flexibility index (Phi) is 4.70. The van der Waals surface area contributed by atoms with Gasteiger partial charge in [0, 0.05) is 10.0 Å². The SMILES string of the molecule is N#Cc1ccc(Cl)cc1NC(=O)Cn1cnc2ccc(Cl)cc2c1=O. The van der Waals surface area contributed by atoms with Crippen molar-refractivity contribution in [2.75, 3.05) is 5.32 Å². The summed E-state index contributed by atoms with van der Waals surface area (Å²) >= 11 is 11.8. The highest BCUT2D eigenvalue weighted by atomic mass is 35.5. The van der Waals surface area contributed by atoms with Crippen molar-refractivity contribution in [1.29, 1.82) is 5.26 Å². The first-order chi connectivity index (χ1) is 12.0. The Morgan fingerprint density at radius 3 is 2.68 bits per heavy atom. The Morgan fingerprint density at radius 1 is 1.20 bits per heavy atom. The van der Waals surface area contributed by atoms with Crippen LogP contribution in [0.1, 0.15) is 5.56 Å². The lowest BCUT2D eigenvalue weighted by Crippen LogP contribution is -2.28. The maximum absolute atomic E-state index is 12.5. The Bertz CT molecular complexity index is 1090. The Morgan fingerprint density at radius 2 is 1.92 bits per heavy atom. The van der Waals surface area contributed by atoms with Crippen molar-refractivity contribution in [1.82, 2.24) is 9.55 Å². The summed E-state index contributed by atoms with van der Waals surface area (Å²) in [4.78, 5) is 28.8. The fraction of sp³-hybridized carbons (Fsp3) is 0.0588. The van der Waals surface area contributed by atoms with Crippen molar-refractivity contribution in [3.8, 4) is 6.07 Å². The van der Waals surface area contributed by atoms with Crippen LogP contribution in [-0.4, -0.2) is 15.5 Å². The average Bonchev–Trinajstić information content (AvgIpc) is 2.58. The highest BCUT2D eigenvalue weighted by Crippen LogP contribution is 2.20. The molecule has 8 heteroatoms. The Hall–Kier alpha value is -2.88. The number of nitrogens with one attached hydrogen (secondary N) is 1. The van der Waals surface area contributed by atoms with Gasteiger partial charge in [-0.2, -0.15) is 5.26 Å². The normalized spacial score (nSPS) is 10.4. The topological polar surface area (TPSA) is 87.8 Å². The van der Waals surface area contributed by atoms with Crippen molar-refractivity contribution < 1.29 is 4.79 Å². The zero-order valence-corrected chi connectivity index (χ0v) is 14.2. The van der Waals surface area contributed by atoms with E-state index >= 15 is 0 Å². The van der Waals surface area contributed by atoms with E-state index in [1.807, 2.05) is 6.07 Å². The lowest BCUT2D eigenvalue weighted by Gasteiger charge is -2.09. The molecule has 25 heavy (non-hydrogen) atoms. The summed E-state index contributed by atoms with van der Waals surface area (Å²) in [5.74, 6) is -0.482. The smallest absolute Gasteiger partial charge is 0.261 e. The Balaban J connectivity index is 1.88. The van der Waals surface area contributed by atoms with Crippen LogP contribution in [0.2, 0.25) is 10.0 Å². The number of halogens is 2. The third-order valence-electron chi connectivity index (χ3n) is 3.48. The monoisotopic (exact) mass is 372 g/mol. The average molecular weight is 373 g/mol. The second-order valence-corrected chi connectivity index (χ2v) is 6.06. The van der Waals surface area contributed by atoms with Gasteiger partial charge in [-0.25, -0.2) is 4.98 Å². The van der Waals surface area contributed by atoms with Gasteiger partial charge in [0.15, 0.2) is 0 Å². The minimum Gasteiger partial charge on any atom is -0.323 e. The summed E-state index contributed by atoms with van der Waals surface area (Å²) < 4.78 is 1.17. The highest BCUT2D eigenvalue weighted by molar-refractivity contribution is 6.31. The van der Waals surface area contributed by atoms with Crippen LogP contribution >= 0.6 is 23.2 Å². The maximum Gasteiger partial charge on any atom is 0.261 e. The summed E-state index contributed by atoms with van der Waals surface area (Å²) in [5.41, 5.74) is 0.667. The predicted molar refractivity (Wildman–Crippen MR) is 95.8 cm³/mol. The van der Waals surface area contributed by atoms with E-state index in [2.05, 4.69) is 10.3 Å². The first-order valence-electron chi connectivity index (χ1n) is 7.12. The molecular formula is C17H10Cl2N4O2. The molecule has 0 unspecified atom stereocenters. The number of hydrogen-bond acceptors (Lipinski definition) is 4. The van der Waals surface area contributed by atoms with Gasteiger partial charge in [0.05, 0.1) is 28.5 Å². The second kappa shape index (κ2) is 6.93. The van der Waals surface area contributed by atoms with E-state index in [0.717, 1.165) is 0 Å². The summed E-state index contributed by atoms with van der Waals surface area (Å²) in [7, 11) is 0. The number of carbonyl (C=O) groups excluding carboxylic acids is 1. The summed E-state index contributed by atoms with van der Waals surface area (Å²) in [6, 6.07) is 11.3. The molecule has 3 aromatic rings. The number of anilines is 1. The lowest BCUT2D eigenvalue weighted by molar-refractivity contribution is -0.116. The summed E-state index contributed by atoms with van der Waals surface area (Å²) in [6.07, 6.45) is 1.29. The van der Waals surface area contributed by atoms with Crippen LogP contribution in [0.4, 0.5) is 5.69 Å². The molecule has 124 valence electrons. The van der Waals surface area contributed by atoms with Gasteiger partial charge >= 0.3 is 0 Å². The first-order valence-corrected chi connectivity index (χ1v) is 7.88. The number of aromatic nitrogens is 2. The van der Waals surface area contributed by atoms with Crippen LogP contribution in [0.3, 0.4) is 0 Å². The van der Waals surface area contributed by atoms with Crippen molar-refractivity contribution in [2.45, 2.75) is 6.54 Å². The van der Waals surface area contributed by atoms with E-state index in [0.29, 0.717) is 20.9 Å². The summed E-state index contributed by atoms with van der Waals surface area (Å²) in [6.45, 7) is -0.258. The zero-order chi connectivity index (χ0) is 18.0. The molecule has 0 atom stereocenters. The Labute approximate surface area is 152 Å². The largest absolute Gasteiger partial charge is 0.323 e. The molecule has 0 aliphatic carbocycles. The van der Waals surface area contributed by atoms with E-state index in [1.165, 1.54) is 29.1 Å². The fourth-order valence-electron chi connectivity index (χ4n) is 2.31. The molecule has 0 aliphatic heterocycles. The minimum absolute atomic E-state index is 0.258. The number of nitrogens with zero attached hydrogens (tertiary/aromatic N) is 3. The maximum atomic E-state index is 12.5. The lowest BCUT2D eigenvalue weighted by atomic mass is 10.2. The summed E-state index contributed by atoms with van der Waals surface area (Å²) in [5, 5.41) is 12.8. The van der Waals surface area contributed by atoms with Gasteiger partial charge in [-0.05, 0) is 36.4 Å². The number of carbonyl (C=O) groups is 1. The van der Waals surface area contributed by atoms with Gasteiger partial charge in [-0.1, -0.05) is 23.2 Å². The molecule has 1 heterocycles. The van der Waals surface area contributed by atoms with E-state index in [1.54, 1.807) is 18.2 Å². The number of fused-ring (bicyclic) bond motifs is 1. The molecule has 2 aromatic carbocycles. The molecule has 0 fully saturated rings. The highest BCUT2D eigenvalue weighted by Gasteiger charge is 2.11. The third-order valence-corrected chi connectivity index (χ3v) is 3.95. The van der Waals surface area contributed by atoms with E-state index in [-0.39, 0.29) is 23.4 Å². The molecule has 0 radical (unpaired) electrons. The van der Waals surface area contributed by atoms with Gasteiger partial charge in [0.25, 0.3) is 5.56 Å². The van der Waals surface area contributed by atoms with Crippen LogP contribution in [0, 0.1) is 11.3 Å². The molecule has 0 aliphatic rings. The van der Waals surface area contributed by atoms with Crippen LogP contribution in [0.15, 0.2) is 47.5 Å². The van der Waals surface area contributed by atoms with E-state index in [4.69, 9.17) is 28.5 Å². The molecule has 0 saturated heterocycles. The van der Waals surface area contributed by atoms with Crippen molar-refractivity contribution in [3.05, 3.63) is 68.7 Å². The quantitative estimate of drug-likeness (QED) is 0.764. The molecule has 6 nitrogen and oxygen atoms in total. The van der Waals surface area contributed by atoms with Crippen LogP contribution in [-0.2, 0) is 11.3 Å². The van der Waals surface area contributed by atoms with Gasteiger partial charge < -0.3 is 5.32 Å². The number of benzene rings is 2. The van der Waals surface area contributed by atoms with Crippen molar-refractivity contribution in [3.63, 3.8) is 0 Å². The minimum atomic E-state index is -0.482. The predicted octanol–water partition coefficient (Wildman–Crippen LogP) is 3.21. The number of amides is 1. The first kappa shape index (κ1) is 17.0. The van der Waals surface area contributed by atoms with Gasteiger partial charge in [0.2, 0.25) is 5.91 Å². The number of rotatable bonds is 3. The van der Waals surface area contributed by atoms with Crippen molar-refractivity contribution in [2.24, 2.45) is 0 Å². The number of nitriles is 1. The standard InChI is InChI=1S/C17H10Cl2N4O2/c18-11-3-4-14-13(5-11)17(25)23(9-21-14)8-16(24)22-15-6-12(19)2-1-10(15)7-20/h1-6,9H,8H2,(H,22,24). The van der Waals surface area contributed by atoms with E-state index in [9.17, 15) is 9.59 Å². The number of hydrogen-bond donors (Lipinski definition) is 1.